The fourth-order valence-electron chi connectivity index (χ4n) is 7.46. The number of benzene rings is 2. The quantitative estimate of drug-likeness (QED) is 0.175. The normalized spacial score (nSPS) is 25.0. The number of methoxy groups -OCH3 is 1. The van der Waals surface area contributed by atoms with E-state index >= 15 is 0 Å². The van der Waals surface area contributed by atoms with Gasteiger partial charge in [0.2, 0.25) is 0 Å². The number of anilines is 2. The summed E-state index contributed by atoms with van der Waals surface area (Å²) in [5, 5.41) is 6.67. The summed E-state index contributed by atoms with van der Waals surface area (Å²) < 4.78 is 30.0. The average Bonchev–Trinajstić information content (AvgIpc) is 3.06. The third-order valence-electron chi connectivity index (χ3n) is 9.62. The smallest absolute Gasteiger partial charge is 0.497 e. The van der Waals surface area contributed by atoms with Crippen molar-refractivity contribution in [1.82, 2.24) is 4.90 Å². The molecule has 4 aliphatic rings. The van der Waals surface area contributed by atoms with E-state index in [4.69, 9.17) is 22.8 Å². The monoisotopic (exact) mass is 667 g/mol. The van der Waals surface area contributed by atoms with E-state index in [9.17, 15) is 4.79 Å². The highest BCUT2D eigenvalue weighted by Gasteiger charge is 2.53. The molecule has 2 aromatic rings. The van der Waals surface area contributed by atoms with Gasteiger partial charge in [-0.2, -0.15) is 0 Å². The van der Waals surface area contributed by atoms with Gasteiger partial charge in [0.15, 0.2) is 0 Å². The zero-order chi connectivity index (χ0) is 33.0. The number of carbonyl (C=O) groups is 1. The molecule has 6 rings (SSSR count). The Bertz CT molecular complexity index is 1410. The summed E-state index contributed by atoms with van der Waals surface area (Å²) in [6, 6.07) is 12.0. The first-order valence-corrected chi connectivity index (χ1v) is 18.8. The zero-order valence-electron chi connectivity index (χ0n) is 28.1. The van der Waals surface area contributed by atoms with Crippen LogP contribution >= 0.6 is 11.8 Å². The number of aryl methyl sites for hydroxylation is 2. The van der Waals surface area contributed by atoms with E-state index in [0.29, 0.717) is 18.4 Å². The number of fused-ring (bicyclic) bond motifs is 4. The SMILES string of the molecule is C=C[C@H]1CN2C(SC(CC)[Si](OC)(OC)OC)CC1C[C@H]2[C@H](OC(=O)Nc1cc(C)cc(C)c1)C1=CCNc2ccc(OC)cc21. The van der Waals surface area contributed by atoms with Gasteiger partial charge in [0, 0.05) is 56.9 Å². The van der Waals surface area contributed by atoms with Crippen LogP contribution in [0, 0.1) is 25.7 Å². The van der Waals surface area contributed by atoms with E-state index in [2.05, 4.69) is 47.3 Å². The number of piperidine rings is 3. The van der Waals surface area contributed by atoms with Crippen molar-refractivity contribution in [1.29, 1.82) is 0 Å². The Morgan fingerprint density at radius 3 is 2.43 bits per heavy atom. The van der Waals surface area contributed by atoms with Crippen molar-refractivity contribution < 1.29 is 27.5 Å². The molecule has 2 aromatic carbocycles. The first-order valence-electron chi connectivity index (χ1n) is 16.1. The summed E-state index contributed by atoms with van der Waals surface area (Å²) in [5.41, 5.74) is 5.84. The highest BCUT2D eigenvalue weighted by atomic mass is 32.2. The van der Waals surface area contributed by atoms with Crippen LogP contribution in [0.15, 0.2) is 55.1 Å². The molecule has 46 heavy (non-hydrogen) atoms. The summed E-state index contributed by atoms with van der Waals surface area (Å²) >= 11 is 1.88. The second-order valence-electron chi connectivity index (χ2n) is 12.4. The molecule has 250 valence electrons. The fraction of sp³-hybridized carbons (Fsp3) is 0.514. The van der Waals surface area contributed by atoms with Crippen molar-refractivity contribution in [2.75, 3.05) is 52.2 Å². The molecule has 3 fully saturated rings. The van der Waals surface area contributed by atoms with Gasteiger partial charge < -0.3 is 28.1 Å². The minimum absolute atomic E-state index is 0.0509. The lowest BCUT2D eigenvalue weighted by Gasteiger charge is -2.56. The molecule has 0 aliphatic carbocycles. The Morgan fingerprint density at radius 1 is 1.11 bits per heavy atom. The molecule has 4 heterocycles. The number of thioether (sulfide) groups is 1. The highest BCUT2D eigenvalue weighted by molar-refractivity contribution is 8.02. The zero-order valence-corrected chi connectivity index (χ0v) is 29.9. The first-order chi connectivity index (χ1) is 22.2. The lowest BCUT2D eigenvalue weighted by Crippen LogP contribution is -2.62. The number of nitrogens with one attached hydrogen (secondary N) is 2. The Labute approximate surface area is 279 Å². The molecule has 0 aromatic heterocycles. The van der Waals surface area contributed by atoms with Gasteiger partial charge in [0.25, 0.3) is 0 Å². The molecule has 11 heteroatoms. The maximum Gasteiger partial charge on any atom is 0.513 e. The highest BCUT2D eigenvalue weighted by Crippen LogP contribution is 2.49. The third-order valence-corrected chi connectivity index (χ3v) is 15.2. The van der Waals surface area contributed by atoms with Gasteiger partial charge in [-0.1, -0.05) is 25.1 Å². The molecule has 0 saturated carbocycles. The van der Waals surface area contributed by atoms with Crippen LogP contribution in [0.5, 0.6) is 5.75 Å². The first kappa shape index (κ1) is 34.5. The van der Waals surface area contributed by atoms with E-state index in [-0.39, 0.29) is 16.3 Å². The van der Waals surface area contributed by atoms with E-state index < -0.39 is 21.0 Å². The molecule has 7 atom stereocenters. The van der Waals surface area contributed by atoms with Crippen molar-refractivity contribution in [3.8, 4) is 5.75 Å². The molecular weight excluding hydrogens is 619 g/mol. The van der Waals surface area contributed by atoms with Crippen LogP contribution in [-0.2, 0) is 18.0 Å². The minimum atomic E-state index is -2.91. The van der Waals surface area contributed by atoms with Crippen molar-refractivity contribution in [2.24, 2.45) is 11.8 Å². The molecule has 0 spiro atoms. The molecule has 0 radical (unpaired) electrons. The number of ether oxygens (including phenoxy) is 2. The van der Waals surface area contributed by atoms with Crippen LogP contribution in [0.25, 0.3) is 5.57 Å². The van der Waals surface area contributed by atoms with Gasteiger partial charge in [-0.3, -0.25) is 10.2 Å². The molecule has 3 saturated heterocycles. The Morgan fingerprint density at radius 2 is 1.83 bits per heavy atom. The van der Waals surface area contributed by atoms with Crippen molar-refractivity contribution in [3.63, 3.8) is 0 Å². The van der Waals surface area contributed by atoms with Crippen LogP contribution in [0.4, 0.5) is 16.2 Å². The van der Waals surface area contributed by atoms with E-state index in [0.717, 1.165) is 65.2 Å². The largest absolute Gasteiger partial charge is 0.513 e. The van der Waals surface area contributed by atoms with Crippen LogP contribution < -0.4 is 15.4 Å². The standard InChI is InChI=1S/C35H49N3O6SSi/c1-9-24-21-38-31(18-25(24)19-32(38)45-33(10-2)46(41-6,42-7)43-8)34(44-35(39)37-26-16-22(3)15-23(4)17-26)28-13-14-36-30-12-11-27(40-5)20-29(28)30/h9,11-13,15-17,20,24-25,31-34,36H,1,10,14,18-19,21H2,2-8H3,(H,37,39)/t24-,25?,31-,32?,33?,34+/m0/s1. The Hall–Kier alpha value is -2.80. The van der Waals surface area contributed by atoms with Gasteiger partial charge in [-0.05, 0) is 86.4 Å². The number of amides is 1. The number of rotatable bonds is 13. The predicted octanol–water partition coefficient (Wildman–Crippen LogP) is 6.89. The summed E-state index contributed by atoms with van der Waals surface area (Å²) in [6.45, 7) is 11.9. The van der Waals surface area contributed by atoms with Crippen molar-refractivity contribution in [2.45, 2.75) is 62.4 Å². The number of hydrogen-bond donors (Lipinski definition) is 2. The van der Waals surface area contributed by atoms with Crippen LogP contribution in [0.3, 0.4) is 0 Å². The molecule has 2 N–H and O–H groups in total. The Balaban J connectivity index is 1.52. The minimum Gasteiger partial charge on any atom is -0.497 e. The summed E-state index contributed by atoms with van der Waals surface area (Å²) in [5.74, 6) is 1.51. The summed E-state index contributed by atoms with van der Waals surface area (Å²) in [4.78, 5) is 16.4. The molecule has 1 amide bonds. The van der Waals surface area contributed by atoms with E-state index in [1.807, 2.05) is 55.9 Å². The van der Waals surface area contributed by atoms with Crippen molar-refractivity contribution in [3.05, 3.63) is 71.8 Å². The van der Waals surface area contributed by atoms with E-state index in [1.165, 1.54) is 0 Å². The lowest BCUT2D eigenvalue weighted by molar-refractivity contribution is -0.0390. The van der Waals surface area contributed by atoms with Gasteiger partial charge in [-0.15, -0.1) is 18.3 Å². The van der Waals surface area contributed by atoms with Gasteiger partial charge in [-0.25, -0.2) is 4.79 Å². The lowest BCUT2D eigenvalue weighted by atomic mass is 9.72. The molecular formula is C35H49N3O6SSi. The maximum absolute atomic E-state index is 13.8. The molecule has 2 bridgehead atoms. The molecule has 4 aliphatic heterocycles. The second-order valence-corrected chi connectivity index (χ2v) is 17.3. The van der Waals surface area contributed by atoms with Crippen LogP contribution in [-0.4, -0.2) is 83.7 Å². The molecule has 9 nitrogen and oxygen atoms in total. The van der Waals surface area contributed by atoms with Crippen molar-refractivity contribution >= 4 is 43.6 Å². The maximum atomic E-state index is 13.8. The second kappa shape index (κ2) is 15.0. The van der Waals surface area contributed by atoms with E-state index in [1.54, 1.807) is 28.4 Å². The summed E-state index contributed by atoms with van der Waals surface area (Å²) in [7, 11) is 3.80. The average molecular weight is 668 g/mol. The summed E-state index contributed by atoms with van der Waals surface area (Å²) in [6.07, 6.45) is 5.99. The van der Waals surface area contributed by atoms with Crippen LogP contribution in [0.1, 0.15) is 42.9 Å². The third kappa shape index (κ3) is 7.05. The van der Waals surface area contributed by atoms with Gasteiger partial charge in [0.05, 0.1) is 23.4 Å². The Kier molecular flexibility index (Phi) is 11.2. The van der Waals surface area contributed by atoms with Crippen LogP contribution in [0.2, 0.25) is 0 Å². The predicted molar refractivity (Wildman–Crippen MR) is 188 cm³/mol. The number of nitrogens with zero attached hydrogens (tertiary/aromatic N) is 1. The molecule has 4 unspecified atom stereocenters. The number of carbonyl (C=O) groups excluding carboxylic acids is 1. The fourth-order valence-corrected chi connectivity index (χ4v) is 12.6. The number of hydrogen-bond acceptors (Lipinski definition) is 9. The van der Waals surface area contributed by atoms with Gasteiger partial charge >= 0.3 is 14.9 Å². The van der Waals surface area contributed by atoms with Gasteiger partial charge in [0.1, 0.15) is 11.9 Å². The topological polar surface area (TPSA) is 90.5 Å².